The zero-order chi connectivity index (χ0) is 14.9. The van der Waals surface area contributed by atoms with Crippen LogP contribution in [0.15, 0.2) is 30.3 Å². The van der Waals surface area contributed by atoms with Crippen molar-refractivity contribution < 1.29 is 18.3 Å². The molecule has 0 aliphatic rings. The summed E-state index contributed by atoms with van der Waals surface area (Å²) in [5.41, 5.74) is 0.936. The molecule has 0 fully saturated rings. The molecule has 0 unspecified atom stereocenters. The van der Waals surface area contributed by atoms with Gasteiger partial charge >= 0.3 is 0 Å². The van der Waals surface area contributed by atoms with E-state index in [1.165, 1.54) is 31.4 Å². The monoisotopic (exact) mass is 276 g/mol. The van der Waals surface area contributed by atoms with Crippen molar-refractivity contribution in [1.82, 2.24) is 0 Å². The van der Waals surface area contributed by atoms with Crippen LogP contribution in [0.5, 0.6) is 5.75 Å². The van der Waals surface area contributed by atoms with Gasteiger partial charge in [-0.05, 0) is 49.2 Å². The standard InChI is InChI=1S/C16H14F2O2/c1-9-6-11(7-10(2)15(9)18)16(19)13-5-4-12(20-3)8-14(13)17/h4-8H,1-3H3. The molecule has 4 heteroatoms. The van der Waals surface area contributed by atoms with Gasteiger partial charge in [0, 0.05) is 11.6 Å². The van der Waals surface area contributed by atoms with E-state index in [2.05, 4.69) is 0 Å². The Hall–Kier alpha value is -2.23. The lowest BCUT2D eigenvalue weighted by molar-refractivity contribution is 0.103. The van der Waals surface area contributed by atoms with Gasteiger partial charge in [-0.25, -0.2) is 8.78 Å². The second kappa shape index (κ2) is 5.41. The molecule has 2 aromatic carbocycles. The fraction of sp³-hybridized carbons (Fsp3) is 0.188. The summed E-state index contributed by atoms with van der Waals surface area (Å²) >= 11 is 0. The normalized spacial score (nSPS) is 10.4. The zero-order valence-corrected chi connectivity index (χ0v) is 11.5. The van der Waals surface area contributed by atoms with Crippen LogP contribution in [0.1, 0.15) is 27.0 Å². The molecule has 0 aromatic heterocycles. The average molecular weight is 276 g/mol. The van der Waals surface area contributed by atoms with Crippen molar-refractivity contribution in [3.05, 3.63) is 64.2 Å². The fourth-order valence-corrected chi connectivity index (χ4v) is 2.04. The van der Waals surface area contributed by atoms with Crippen LogP contribution in [0.25, 0.3) is 0 Å². The Labute approximate surface area is 116 Å². The van der Waals surface area contributed by atoms with E-state index >= 15 is 0 Å². The van der Waals surface area contributed by atoms with E-state index in [1.54, 1.807) is 13.8 Å². The Morgan fingerprint density at radius 2 is 1.65 bits per heavy atom. The third-order valence-corrected chi connectivity index (χ3v) is 3.12. The number of halogens is 2. The first-order valence-electron chi connectivity index (χ1n) is 6.09. The number of hydrogen-bond acceptors (Lipinski definition) is 2. The molecule has 20 heavy (non-hydrogen) atoms. The van der Waals surface area contributed by atoms with Crippen molar-refractivity contribution in [2.75, 3.05) is 7.11 Å². The maximum absolute atomic E-state index is 13.9. The van der Waals surface area contributed by atoms with Gasteiger partial charge in [-0.2, -0.15) is 0 Å². The number of hydrogen-bond donors (Lipinski definition) is 0. The van der Waals surface area contributed by atoms with Crippen LogP contribution in [0.4, 0.5) is 8.78 Å². The summed E-state index contributed by atoms with van der Waals surface area (Å²) in [5.74, 6) is -1.15. The number of carbonyl (C=O) groups excluding carboxylic acids is 1. The van der Waals surface area contributed by atoms with Crippen LogP contribution in [0, 0.1) is 25.5 Å². The highest BCUT2D eigenvalue weighted by molar-refractivity contribution is 6.09. The molecule has 2 aromatic rings. The summed E-state index contributed by atoms with van der Waals surface area (Å²) in [6.07, 6.45) is 0. The Balaban J connectivity index is 2.46. The first-order chi connectivity index (χ1) is 9.43. The highest BCUT2D eigenvalue weighted by Crippen LogP contribution is 2.21. The molecule has 2 rings (SSSR count). The smallest absolute Gasteiger partial charge is 0.195 e. The number of carbonyl (C=O) groups is 1. The Kier molecular flexibility index (Phi) is 3.84. The molecular weight excluding hydrogens is 262 g/mol. The predicted molar refractivity (Wildman–Crippen MR) is 72.3 cm³/mol. The molecule has 0 aliphatic carbocycles. The van der Waals surface area contributed by atoms with Gasteiger partial charge < -0.3 is 4.74 Å². The van der Waals surface area contributed by atoms with Gasteiger partial charge in [0.05, 0.1) is 12.7 Å². The van der Waals surface area contributed by atoms with Crippen LogP contribution in [-0.4, -0.2) is 12.9 Å². The fourth-order valence-electron chi connectivity index (χ4n) is 2.04. The van der Waals surface area contributed by atoms with Gasteiger partial charge in [0.2, 0.25) is 0 Å². The largest absolute Gasteiger partial charge is 0.497 e. The highest BCUT2D eigenvalue weighted by Gasteiger charge is 2.16. The molecule has 0 bridgehead atoms. The lowest BCUT2D eigenvalue weighted by Gasteiger charge is -2.08. The quantitative estimate of drug-likeness (QED) is 0.797. The lowest BCUT2D eigenvalue weighted by Crippen LogP contribution is -2.06. The van der Waals surface area contributed by atoms with Gasteiger partial charge in [-0.3, -0.25) is 4.79 Å². The Morgan fingerprint density at radius 3 is 2.15 bits per heavy atom. The molecule has 0 spiro atoms. The minimum atomic E-state index is -0.658. The molecule has 0 saturated heterocycles. The van der Waals surface area contributed by atoms with E-state index in [0.717, 1.165) is 6.07 Å². The maximum atomic E-state index is 13.9. The minimum absolute atomic E-state index is 0.0591. The average Bonchev–Trinajstić information content (AvgIpc) is 2.43. The summed E-state index contributed by atoms with van der Waals surface area (Å²) in [4.78, 5) is 12.3. The van der Waals surface area contributed by atoms with Crippen molar-refractivity contribution in [1.29, 1.82) is 0 Å². The van der Waals surface area contributed by atoms with Crippen molar-refractivity contribution in [2.24, 2.45) is 0 Å². The van der Waals surface area contributed by atoms with Crippen molar-refractivity contribution in [3.63, 3.8) is 0 Å². The van der Waals surface area contributed by atoms with E-state index in [1.807, 2.05) is 0 Å². The number of methoxy groups -OCH3 is 1. The molecule has 0 heterocycles. The van der Waals surface area contributed by atoms with Gasteiger partial charge in [0.15, 0.2) is 5.78 Å². The summed E-state index contributed by atoms with van der Waals surface area (Å²) in [6, 6.07) is 6.88. The molecule has 0 radical (unpaired) electrons. The second-order valence-corrected chi connectivity index (χ2v) is 4.60. The van der Waals surface area contributed by atoms with Crippen LogP contribution in [0.2, 0.25) is 0 Å². The number of ether oxygens (including phenoxy) is 1. The maximum Gasteiger partial charge on any atom is 0.195 e. The van der Waals surface area contributed by atoms with Crippen molar-refractivity contribution in [2.45, 2.75) is 13.8 Å². The minimum Gasteiger partial charge on any atom is -0.497 e. The van der Waals surface area contributed by atoms with E-state index in [4.69, 9.17) is 4.74 Å². The molecule has 0 aliphatic heterocycles. The van der Waals surface area contributed by atoms with Gasteiger partial charge in [-0.15, -0.1) is 0 Å². The summed E-state index contributed by atoms with van der Waals surface area (Å²) in [5, 5.41) is 0. The molecule has 2 nitrogen and oxygen atoms in total. The van der Waals surface area contributed by atoms with E-state index in [-0.39, 0.29) is 16.9 Å². The molecule has 0 N–H and O–H groups in total. The lowest BCUT2D eigenvalue weighted by atomic mass is 9.98. The second-order valence-electron chi connectivity index (χ2n) is 4.60. The van der Waals surface area contributed by atoms with Crippen molar-refractivity contribution >= 4 is 5.78 Å². The summed E-state index contributed by atoms with van der Waals surface area (Å²) in [7, 11) is 1.42. The SMILES string of the molecule is COc1ccc(C(=O)c2cc(C)c(F)c(C)c2)c(F)c1. The number of aryl methyl sites for hydroxylation is 2. The van der Waals surface area contributed by atoms with Crippen LogP contribution >= 0.6 is 0 Å². The number of ketones is 1. The molecule has 104 valence electrons. The molecule has 0 saturated carbocycles. The molecule has 0 amide bonds. The number of rotatable bonds is 3. The predicted octanol–water partition coefficient (Wildman–Crippen LogP) is 3.82. The topological polar surface area (TPSA) is 26.3 Å². The Morgan fingerprint density at radius 1 is 1.05 bits per heavy atom. The first kappa shape index (κ1) is 14.2. The van der Waals surface area contributed by atoms with E-state index in [0.29, 0.717) is 16.9 Å². The zero-order valence-electron chi connectivity index (χ0n) is 11.5. The summed E-state index contributed by atoms with van der Waals surface area (Å²) in [6.45, 7) is 3.15. The van der Waals surface area contributed by atoms with Crippen LogP contribution in [-0.2, 0) is 0 Å². The van der Waals surface area contributed by atoms with Gasteiger partial charge in [-0.1, -0.05) is 0 Å². The van der Waals surface area contributed by atoms with Crippen molar-refractivity contribution in [3.8, 4) is 5.75 Å². The first-order valence-corrected chi connectivity index (χ1v) is 6.09. The summed E-state index contributed by atoms with van der Waals surface area (Å²) < 4.78 is 32.3. The molecule has 0 atom stereocenters. The third kappa shape index (κ3) is 2.54. The van der Waals surface area contributed by atoms with E-state index in [9.17, 15) is 13.6 Å². The Bertz CT molecular complexity index is 655. The van der Waals surface area contributed by atoms with Crippen LogP contribution in [0.3, 0.4) is 0 Å². The van der Waals surface area contributed by atoms with Gasteiger partial charge in [0.1, 0.15) is 17.4 Å². The van der Waals surface area contributed by atoms with Crippen LogP contribution < -0.4 is 4.74 Å². The van der Waals surface area contributed by atoms with Gasteiger partial charge in [0.25, 0.3) is 0 Å². The highest BCUT2D eigenvalue weighted by atomic mass is 19.1. The molecular formula is C16H14F2O2. The number of benzene rings is 2. The van der Waals surface area contributed by atoms with E-state index < -0.39 is 11.6 Å². The third-order valence-electron chi connectivity index (χ3n) is 3.12.